The Labute approximate surface area is 275 Å². The zero-order valence-corrected chi connectivity index (χ0v) is 27.8. The fourth-order valence-corrected chi connectivity index (χ4v) is 6.55. The highest BCUT2D eigenvalue weighted by Crippen LogP contribution is 2.26. The SMILES string of the molecule is CC[C@@H](C)NC(=O)[C@H](Cc1ccccc1)N(Cc1cccc(Cl)c1)C(=O)CN(c1ccc(C)cc1)S(=O)(=O)c1ccc(Cl)cc1. The number of hydrogen-bond donors (Lipinski definition) is 1. The summed E-state index contributed by atoms with van der Waals surface area (Å²) in [6.45, 7) is 5.25. The Bertz CT molecular complexity index is 1700. The van der Waals surface area contributed by atoms with Crippen LogP contribution in [-0.4, -0.2) is 43.8 Å². The van der Waals surface area contributed by atoms with Gasteiger partial charge in [0.1, 0.15) is 12.6 Å². The predicted octanol–water partition coefficient (Wildman–Crippen LogP) is 7.05. The van der Waals surface area contributed by atoms with Crippen molar-refractivity contribution in [2.75, 3.05) is 10.8 Å². The Hall–Kier alpha value is -3.85. The standard InChI is InChI=1S/C35H37Cl2N3O4S/c1-4-26(3)38-35(42)33(22-27-9-6-5-7-10-27)39(23-28-11-8-12-30(37)21-28)34(41)24-40(31-17-13-25(2)14-18-31)45(43,44)32-19-15-29(36)16-20-32/h5-21,26,33H,4,22-24H2,1-3H3,(H,38,42)/t26-,33+/m1/s1. The predicted molar refractivity (Wildman–Crippen MR) is 181 cm³/mol. The maximum atomic E-state index is 14.5. The lowest BCUT2D eigenvalue weighted by Crippen LogP contribution is -2.54. The second-order valence-electron chi connectivity index (χ2n) is 11.0. The van der Waals surface area contributed by atoms with Gasteiger partial charge >= 0.3 is 0 Å². The highest BCUT2D eigenvalue weighted by molar-refractivity contribution is 7.92. The van der Waals surface area contributed by atoms with Crippen molar-refractivity contribution in [2.45, 2.75) is 57.1 Å². The van der Waals surface area contributed by atoms with Crippen LogP contribution in [0, 0.1) is 6.92 Å². The number of carbonyl (C=O) groups excluding carboxylic acids is 2. The lowest BCUT2D eigenvalue weighted by atomic mass is 10.0. The van der Waals surface area contributed by atoms with Gasteiger partial charge in [0.2, 0.25) is 11.8 Å². The van der Waals surface area contributed by atoms with E-state index in [9.17, 15) is 18.0 Å². The van der Waals surface area contributed by atoms with Gasteiger partial charge in [0.05, 0.1) is 10.6 Å². The summed E-state index contributed by atoms with van der Waals surface area (Å²) in [5, 5.41) is 3.90. The Morgan fingerprint density at radius 2 is 1.47 bits per heavy atom. The van der Waals surface area contributed by atoms with Crippen molar-refractivity contribution in [3.63, 3.8) is 0 Å². The molecule has 4 aromatic rings. The van der Waals surface area contributed by atoms with Gasteiger partial charge in [0.15, 0.2) is 0 Å². The van der Waals surface area contributed by atoms with Gasteiger partial charge in [-0.25, -0.2) is 8.42 Å². The number of benzene rings is 4. The monoisotopic (exact) mass is 665 g/mol. The molecule has 0 saturated heterocycles. The topological polar surface area (TPSA) is 86.8 Å². The molecule has 2 amide bonds. The first-order valence-corrected chi connectivity index (χ1v) is 16.9. The molecule has 7 nitrogen and oxygen atoms in total. The van der Waals surface area contributed by atoms with Gasteiger partial charge in [0, 0.05) is 29.1 Å². The van der Waals surface area contributed by atoms with Gasteiger partial charge in [-0.15, -0.1) is 0 Å². The summed E-state index contributed by atoms with van der Waals surface area (Å²) in [7, 11) is -4.21. The Morgan fingerprint density at radius 3 is 2.09 bits per heavy atom. The highest BCUT2D eigenvalue weighted by atomic mass is 35.5. The van der Waals surface area contributed by atoms with E-state index in [4.69, 9.17) is 23.2 Å². The number of aryl methyl sites for hydroxylation is 1. The molecule has 4 aromatic carbocycles. The van der Waals surface area contributed by atoms with Crippen molar-refractivity contribution < 1.29 is 18.0 Å². The maximum Gasteiger partial charge on any atom is 0.264 e. The van der Waals surface area contributed by atoms with E-state index in [1.54, 1.807) is 42.5 Å². The molecule has 236 valence electrons. The molecular weight excluding hydrogens is 629 g/mol. The summed E-state index contributed by atoms with van der Waals surface area (Å²) in [4.78, 5) is 29.8. The Morgan fingerprint density at radius 1 is 0.822 bits per heavy atom. The number of amides is 2. The third-order valence-electron chi connectivity index (χ3n) is 7.52. The number of hydrogen-bond acceptors (Lipinski definition) is 4. The van der Waals surface area contributed by atoms with E-state index in [0.29, 0.717) is 27.7 Å². The van der Waals surface area contributed by atoms with Crippen molar-refractivity contribution >= 4 is 50.7 Å². The molecule has 0 aliphatic carbocycles. The van der Waals surface area contributed by atoms with Gasteiger partial charge in [0.25, 0.3) is 10.0 Å². The average molecular weight is 667 g/mol. The minimum atomic E-state index is -4.21. The zero-order valence-electron chi connectivity index (χ0n) is 25.5. The highest BCUT2D eigenvalue weighted by Gasteiger charge is 2.35. The fraction of sp³-hybridized carbons (Fsp3) is 0.257. The van der Waals surface area contributed by atoms with Gasteiger partial charge in [-0.2, -0.15) is 0 Å². The van der Waals surface area contributed by atoms with Gasteiger partial charge < -0.3 is 10.2 Å². The normalized spacial score (nSPS) is 12.6. The molecule has 1 N–H and O–H groups in total. The molecule has 0 unspecified atom stereocenters. The summed E-state index contributed by atoms with van der Waals surface area (Å²) >= 11 is 12.4. The molecule has 0 saturated carbocycles. The quantitative estimate of drug-likeness (QED) is 0.166. The molecule has 0 radical (unpaired) electrons. The van der Waals surface area contributed by atoms with E-state index in [1.165, 1.54) is 29.2 Å². The molecule has 0 bridgehead atoms. The Balaban J connectivity index is 1.80. The largest absolute Gasteiger partial charge is 0.352 e. The van der Waals surface area contributed by atoms with Crippen molar-refractivity contribution in [1.82, 2.24) is 10.2 Å². The smallest absolute Gasteiger partial charge is 0.264 e. The summed E-state index contributed by atoms with van der Waals surface area (Å²) in [5.74, 6) is -0.876. The van der Waals surface area contributed by atoms with Crippen LogP contribution in [0.4, 0.5) is 5.69 Å². The van der Waals surface area contributed by atoms with Crippen LogP contribution in [0.5, 0.6) is 0 Å². The number of rotatable bonds is 13. The number of nitrogens with zero attached hydrogens (tertiary/aromatic N) is 2. The molecule has 0 aliphatic heterocycles. The number of nitrogens with one attached hydrogen (secondary N) is 1. The van der Waals surface area contributed by atoms with Gasteiger partial charge in [-0.3, -0.25) is 13.9 Å². The first-order valence-electron chi connectivity index (χ1n) is 14.7. The summed E-state index contributed by atoms with van der Waals surface area (Å²) in [5.41, 5.74) is 2.80. The van der Waals surface area contributed by atoms with Crippen LogP contribution in [0.25, 0.3) is 0 Å². The molecule has 45 heavy (non-hydrogen) atoms. The second kappa shape index (κ2) is 15.4. The van der Waals surface area contributed by atoms with Crippen molar-refractivity contribution in [3.8, 4) is 0 Å². The van der Waals surface area contributed by atoms with Crippen LogP contribution in [0.15, 0.2) is 108 Å². The average Bonchev–Trinajstić information content (AvgIpc) is 3.02. The van der Waals surface area contributed by atoms with E-state index in [1.807, 2.05) is 57.2 Å². The third kappa shape index (κ3) is 9.10. The van der Waals surface area contributed by atoms with Crippen LogP contribution >= 0.6 is 23.2 Å². The molecule has 4 rings (SSSR count). The molecule has 0 aliphatic rings. The minimum absolute atomic E-state index is 0.0167. The molecule has 0 spiro atoms. The maximum absolute atomic E-state index is 14.5. The Kier molecular flexibility index (Phi) is 11.7. The molecule has 10 heteroatoms. The van der Waals surface area contributed by atoms with Gasteiger partial charge in [-0.05, 0) is 79.9 Å². The number of halogens is 2. The third-order valence-corrected chi connectivity index (χ3v) is 9.79. The van der Waals surface area contributed by atoms with E-state index in [-0.39, 0.29) is 29.8 Å². The molecular formula is C35H37Cl2N3O4S. The summed E-state index contributed by atoms with van der Waals surface area (Å²) in [6.07, 6.45) is 0.927. The van der Waals surface area contributed by atoms with Crippen molar-refractivity contribution in [2.24, 2.45) is 0 Å². The zero-order chi connectivity index (χ0) is 32.6. The van der Waals surface area contributed by atoms with Crippen LogP contribution in [0.1, 0.15) is 37.0 Å². The first kappa shape index (κ1) is 34.0. The molecule has 0 heterocycles. The summed E-state index contributed by atoms with van der Waals surface area (Å²) < 4.78 is 29.2. The second-order valence-corrected chi connectivity index (χ2v) is 13.7. The number of carbonyl (C=O) groups is 2. The van der Waals surface area contributed by atoms with Crippen LogP contribution in [0.3, 0.4) is 0 Å². The van der Waals surface area contributed by atoms with E-state index in [0.717, 1.165) is 15.4 Å². The molecule has 0 fully saturated rings. The van der Waals surface area contributed by atoms with E-state index < -0.39 is 28.5 Å². The molecule has 0 aromatic heterocycles. The van der Waals surface area contributed by atoms with Crippen LogP contribution < -0.4 is 9.62 Å². The minimum Gasteiger partial charge on any atom is -0.352 e. The van der Waals surface area contributed by atoms with Gasteiger partial charge in [-0.1, -0.05) is 90.3 Å². The van der Waals surface area contributed by atoms with Crippen LogP contribution in [0.2, 0.25) is 10.0 Å². The fourth-order valence-electron chi connectivity index (χ4n) is 4.80. The van der Waals surface area contributed by atoms with Crippen LogP contribution in [-0.2, 0) is 32.6 Å². The van der Waals surface area contributed by atoms with Crippen molar-refractivity contribution in [1.29, 1.82) is 0 Å². The number of sulfonamides is 1. The van der Waals surface area contributed by atoms with E-state index >= 15 is 0 Å². The molecule has 2 atom stereocenters. The number of anilines is 1. The lowest BCUT2D eigenvalue weighted by molar-refractivity contribution is -0.140. The summed E-state index contributed by atoms with van der Waals surface area (Å²) in [6, 6.07) is 28.1. The van der Waals surface area contributed by atoms with E-state index in [2.05, 4.69) is 5.32 Å². The lowest BCUT2D eigenvalue weighted by Gasteiger charge is -2.34. The first-order chi connectivity index (χ1) is 21.5. The van der Waals surface area contributed by atoms with Crippen molar-refractivity contribution in [3.05, 3.63) is 130 Å².